The summed E-state index contributed by atoms with van der Waals surface area (Å²) in [5, 5.41) is 0.962. The molecule has 4 nitrogen and oxygen atoms in total. The molecule has 0 bridgehead atoms. The Balaban J connectivity index is 2.13. The van der Waals surface area contributed by atoms with Crippen molar-refractivity contribution in [3.05, 3.63) is 57.6 Å². The van der Waals surface area contributed by atoms with Gasteiger partial charge in [-0.1, -0.05) is 29.3 Å². The summed E-state index contributed by atoms with van der Waals surface area (Å²) < 4.78 is 15.9. The summed E-state index contributed by atoms with van der Waals surface area (Å²) in [6.07, 6.45) is 0. The van der Waals surface area contributed by atoms with Gasteiger partial charge in [0.15, 0.2) is 11.5 Å². The third-order valence-electron chi connectivity index (χ3n) is 3.05. The van der Waals surface area contributed by atoms with Crippen molar-refractivity contribution in [2.75, 3.05) is 13.7 Å². The molecule has 0 unspecified atom stereocenters. The summed E-state index contributed by atoms with van der Waals surface area (Å²) in [5.41, 5.74) is 1.28. The summed E-state index contributed by atoms with van der Waals surface area (Å²) >= 11 is 11.9. The maximum Gasteiger partial charge on any atom is 0.338 e. The van der Waals surface area contributed by atoms with E-state index in [2.05, 4.69) is 0 Å². The van der Waals surface area contributed by atoms with E-state index in [0.717, 1.165) is 5.56 Å². The Morgan fingerprint density at radius 3 is 2.48 bits per heavy atom. The summed E-state index contributed by atoms with van der Waals surface area (Å²) in [6, 6.07) is 10.2. The number of hydrogen-bond acceptors (Lipinski definition) is 4. The standard InChI is InChI=1S/C17H16Cl2O4/c1-3-22-17(20)12-5-7-15(16(9-12)21-2)23-10-11-4-6-13(18)14(19)8-11/h4-9H,3,10H2,1-2H3. The number of benzene rings is 2. The maximum absolute atomic E-state index is 11.7. The fourth-order valence-electron chi connectivity index (χ4n) is 1.92. The molecule has 0 saturated carbocycles. The van der Waals surface area contributed by atoms with Crippen molar-refractivity contribution in [2.45, 2.75) is 13.5 Å². The Morgan fingerprint density at radius 1 is 1.04 bits per heavy atom. The zero-order valence-electron chi connectivity index (χ0n) is 12.8. The molecule has 0 aliphatic heterocycles. The number of carbonyl (C=O) groups is 1. The van der Waals surface area contributed by atoms with E-state index in [0.29, 0.717) is 40.3 Å². The second kappa shape index (κ2) is 8.09. The zero-order chi connectivity index (χ0) is 16.8. The minimum Gasteiger partial charge on any atom is -0.493 e. The van der Waals surface area contributed by atoms with Gasteiger partial charge in [0, 0.05) is 0 Å². The van der Waals surface area contributed by atoms with Crippen molar-refractivity contribution < 1.29 is 19.0 Å². The topological polar surface area (TPSA) is 44.8 Å². The van der Waals surface area contributed by atoms with E-state index in [9.17, 15) is 4.79 Å². The van der Waals surface area contributed by atoms with Crippen LogP contribution in [-0.4, -0.2) is 19.7 Å². The second-order valence-electron chi connectivity index (χ2n) is 4.62. The molecule has 0 saturated heterocycles. The average Bonchev–Trinajstić information content (AvgIpc) is 2.56. The number of rotatable bonds is 6. The average molecular weight is 355 g/mol. The highest BCUT2D eigenvalue weighted by Gasteiger charge is 2.12. The molecule has 23 heavy (non-hydrogen) atoms. The first-order valence-electron chi connectivity index (χ1n) is 6.97. The van der Waals surface area contributed by atoms with Crippen LogP contribution in [-0.2, 0) is 11.3 Å². The number of halogens is 2. The predicted molar refractivity (Wildman–Crippen MR) is 89.7 cm³/mol. The fourth-order valence-corrected chi connectivity index (χ4v) is 2.24. The van der Waals surface area contributed by atoms with Crippen LogP contribution in [0.4, 0.5) is 0 Å². The Morgan fingerprint density at radius 2 is 1.83 bits per heavy atom. The molecule has 0 aliphatic rings. The monoisotopic (exact) mass is 354 g/mol. The van der Waals surface area contributed by atoms with Gasteiger partial charge in [0.2, 0.25) is 0 Å². The number of methoxy groups -OCH3 is 1. The molecule has 0 radical (unpaired) electrons. The lowest BCUT2D eigenvalue weighted by Gasteiger charge is -2.12. The van der Waals surface area contributed by atoms with Crippen LogP contribution < -0.4 is 9.47 Å². The number of esters is 1. The van der Waals surface area contributed by atoms with Crippen molar-refractivity contribution in [1.29, 1.82) is 0 Å². The lowest BCUT2D eigenvalue weighted by molar-refractivity contribution is 0.0526. The molecule has 0 atom stereocenters. The number of carbonyl (C=O) groups excluding carboxylic acids is 1. The molecule has 6 heteroatoms. The third kappa shape index (κ3) is 4.53. The van der Waals surface area contributed by atoms with Gasteiger partial charge in [-0.3, -0.25) is 0 Å². The summed E-state index contributed by atoms with van der Waals surface area (Å²) in [5.74, 6) is 0.573. The van der Waals surface area contributed by atoms with Crippen molar-refractivity contribution in [2.24, 2.45) is 0 Å². The molecule has 122 valence electrons. The second-order valence-corrected chi connectivity index (χ2v) is 5.44. The third-order valence-corrected chi connectivity index (χ3v) is 3.79. The van der Waals surface area contributed by atoms with Gasteiger partial charge in [-0.05, 0) is 42.8 Å². The van der Waals surface area contributed by atoms with Crippen LogP contribution in [0.2, 0.25) is 10.0 Å². The normalized spacial score (nSPS) is 10.3. The van der Waals surface area contributed by atoms with E-state index in [1.807, 2.05) is 6.07 Å². The molecule has 2 rings (SSSR count). The molecule has 0 aromatic heterocycles. The van der Waals surface area contributed by atoms with Gasteiger partial charge in [0.1, 0.15) is 6.61 Å². The minimum atomic E-state index is -0.401. The van der Waals surface area contributed by atoms with Crippen molar-refractivity contribution in [3.63, 3.8) is 0 Å². The summed E-state index contributed by atoms with van der Waals surface area (Å²) in [4.78, 5) is 11.7. The lowest BCUT2D eigenvalue weighted by atomic mass is 10.2. The van der Waals surface area contributed by atoms with Crippen LogP contribution >= 0.6 is 23.2 Å². The van der Waals surface area contributed by atoms with E-state index in [1.165, 1.54) is 7.11 Å². The van der Waals surface area contributed by atoms with Crippen LogP contribution in [0.5, 0.6) is 11.5 Å². The first-order valence-corrected chi connectivity index (χ1v) is 7.72. The lowest BCUT2D eigenvalue weighted by Crippen LogP contribution is -2.05. The van der Waals surface area contributed by atoms with E-state index in [4.69, 9.17) is 37.4 Å². The molecule has 0 aliphatic carbocycles. The molecular weight excluding hydrogens is 339 g/mol. The quantitative estimate of drug-likeness (QED) is 0.701. The molecule has 2 aromatic carbocycles. The molecule has 0 fully saturated rings. The van der Waals surface area contributed by atoms with E-state index in [1.54, 1.807) is 37.3 Å². The highest BCUT2D eigenvalue weighted by Crippen LogP contribution is 2.30. The molecular formula is C17H16Cl2O4. The van der Waals surface area contributed by atoms with Crippen LogP contribution in [0.25, 0.3) is 0 Å². The molecule has 2 aromatic rings. The maximum atomic E-state index is 11.7. The SMILES string of the molecule is CCOC(=O)c1ccc(OCc2ccc(Cl)c(Cl)c2)c(OC)c1. The van der Waals surface area contributed by atoms with Crippen LogP contribution in [0.1, 0.15) is 22.8 Å². The fraction of sp³-hybridized carbons (Fsp3) is 0.235. The largest absolute Gasteiger partial charge is 0.493 e. The van der Waals surface area contributed by atoms with Gasteiger partial charge in [0.25, 0.3) is 0 Å². The van der Waals surface area contributed by atoms with E-state index >= 15 is 0 Å². The Hall–Kier alpha value is -1.91. The first kappa shape index (κ1) is 17.4. The Kier molecular flexibility index (Phi) is 6.13. The van der Waals surface area contributed by atoms with Crippen LogP contribution in [0.3, 0.4) is 0 Å². The summed E-state index contributed by atoms with van der Waals surface area (Å²) in [7, 11) is 1.51. The predicted octanol–water partition coefficient (Wildman–Crippen LogP) is 4.76. The van der Waals surface area contributed by atoms with Gasteiger partial charge in [-0.2, -0.15) is 0 Å². The highest BCUT2D eigenvalue weighted by molar-refractivity contribution is 6.42. The van der Waals surface area contributed by atoms with E-state index in [-0.39, 0.29) is 0 Å². The number of ether oxygens (including phenoxy) is 3. The minimum absolute atomic E-state index is 0.298. The van der Waals surface area contributed by atoms with E-state index < -0.39 is 5.97 Å². The van der Waals surface area contributed by atoms with Gasteiger partial charge >= 0.3 is 5.97 Å². The smallest absolute Gasteiger partial charge is 0.338 e. The zero-order valence-corrected chi connectivity index (χ0v) is 14.3. The first-order chi connectivity index (χ1) is 11.0. The van der Waals surface area contributed by atoms with Crippen molar-refractivity contribution >= 4 is 29.2 Å². The Labute approximate surface area is 144 Å². The van der Waals surface area contributed by atoms with Gasteiger partial charge < -0.3 is 14.2 Å². The molecule has 0 amide bonds. The van der Waals surface area contributed by atoms with Gasteiger partial charge in [-0.25, -0.2) is 4.79 Å². The van der Waals surface area contributed by atoms with Gasteiger partial charge in [0.05, 0.1) is 29.3 Å². The van der Waals surface area contributed by atoms with Crippen molar-refractivity contribution in [1.82, 2.24) is 0 Å². The number of hydrogen-bond donors (Lipinski definition) is 0. The molecule has 0 N–H and O–H groups in total. The highest BCUT2D eigenvalue weighted by atomic mass is 35.5. The molecule has 0 spiro atoms. The Bertz CT molecular complexity index is 701. The van der Waals surface area contributed by atoms with Crippen LogP contribution in [0, 0.1) is 0 Å². The van der Waals surface area contributed by atoms with Crippen LogP contribution in [0.15, 0.2) is 36.4 Å². The summed E-state index contributed by atoms with van der Waals surface area (Å²) in [6.45, 7) is 2.37. The van der Waals surface area contributed by atoms with Crippen molar-refractivity contribution in [3.8, 4) is 11.5 Å². The van der Waals surface area contributed by atoms with Gasteiger partial charge in [-0.15, -0.1) is 0 Å². The molecule has 0 heterocycles.